The lowest BCUT2D eigenvalue weighted by Gasteiger charge is -2.41. The third-order valence-electron chi connectivity index (χ3n) is 6.00. The highest BCUT2D eigenvalue weighted by Gasteiger charge is 2.45. The summed E-state index contributed by atoms with van der Waals surface area (Å²) in [5, 5.41) is 0. The van der Waals surface area contributed by atoms with E-state index in [1.807, 2.05) is 71.6 Å². The van der Waals surface area contributed by atoms with Crippen molar-refractivity contribution in [3.05, 3.63) is 83.9 Å². The van der Waals surface area contributed by atoms with Crippen LogP contribution in [0.2, 0.25) is 0 Å². The molecular weight excluding hydrogens is 374 g/mol. The summed E-state index contributed by atoms with van der Waals surface area (Å²) >= 11 is 0. The molecule has 0 saturated carbocycles. The fourth-order valence-electron chi connectivity index (χ4n) is 4.45. The number of fused-ring (bicyclic) bond motifs is 1. The SMILES string of the molecule is C#CC(OC(=O)[C@H]1CC=CC2CCN(Cc3ccccc3)C(=O)[C@@H]21)c1ccccc1. The predicted octanol–water partition coefficient (Wildman–Crippen LogP) is 4.15. The number of hydrogen-bond acceptors (Lipinski definition) is 3. The number of terminal acetylenes is 1. The molecule has 0 aromatic heterocycles. The molecule has 2 unspecified atom stereocenters. The number of carbonyl (C=O) groups is 2. The van der Waals surface area contributed by atoms with Gasteiger partial charge in [0.25, 0.3) is 0 Å². The lowest BCUT2D eigenvalue weighted by Crippen LogP contribution is -2.50. The number of likely N-dealkylation sites (tertiary alicyclic amines) is 1. The van der Waals surface area contributed by atoms with E-state index in [0.717, 1.165) is 17.5 Å². The molecule has 4 heteroatoms. The van der Waals surface area contributed by atoms with Crippen molar-refractivity contribution in [3.8, 4) is 12.3 Å². The van der Waals surface area contributed by atoms with Gasteiger partial charge in [-0.05, 0) is 24.3 Å². The Morgan fingerprint density at radius 2 is 1.83 bits per heavy atom. The van der Waals surface area contributed by atoms with Gasteiger partial charge in [-0.25, -0.2) is 0 Å². The molecule has 1 fully saturated rings. The molecule has 4 nitrogen and oxygen atoms in total. The first-order chi connectivity index (χ1) is 14.7. The van der Waals surface area contributed by atoms with Crippen LogP contribution in [-0.4, -0.2) is 23.3 Å². The van der Waals surface area contributed by atoms with Crippen LogP contribution in [0.15, 0.2) is 72.8 Å². The number of amides is 1. The number of esters is 1. The van der Waals surface area contributed by atoms with Crippen LogP contribution in [0.25, 0.3) is 0 Å². The number of nitrogens with zero attached hydrogens (tertiary/aromatic N) is 1. The molecule has 1 heterocycles. The molecule has 2 aromatic rings. The quantitative estimate of drug-likeness (QED) is 0.431. The van der Waals surface area contributed by atoms with Crippen molar-refractivity contribution in [2.75, 3.05) is 6.54 Å². The van der Waals surface area contributed by atoms with E-state index in [2.05, 4.69) is 12.0 Å². The maximum atomic E-state index is 13.3. The Bertz CT molecular complexity index is 961. The van der Waals surface area contributed by atoms with Gasteiger partial charge in [-0.3, -0.25) is 9.59 Å². The number of benzene rings is 2. The monoisotopic (exact) mass is 399 g/mol. The molecule has 1 saturated heterocycles. The maximum Gasteiger partial charge on any atom is 0.311 e. The predicted molar refractivity (Wildman–Crippen MR) is 115 cm³/mol. The largest absolute Gasteiger partial charge is 0.444 e. The Morgan fingerprint density at radius 1 is 1.13 bits per heavy atom. The van der Waals surface area contributed by atoms with E-state index in [-0.39, 0.29) is 11.8 Å². The van der Waals surface area contributed by atoms with E-state index in [4.69, 9.17) is 11.2 Å². The first kappa shape index (κ1) is 20.0. The highest BCUT2D eigenvalue weighted by Crippen LogP contribution is 2.39. The minimum atomic E-state index is -0.748. The van der Waals surface area contributed by atoms with Crippen LogP contribution in [0.3, 0.4) is 0 Å². The van der Waals surface area contributed by atoms with Gasteiger partial charge in [-0.1, -0.05) is 78.7 Å². The second kappa shape index (κ2) is 9.00. The third-order valence-corrected chi connectivity index (χ3v) is 6.00. The lowest BCUT2D eigenvalue weighted by atomic mass is 9.71. The highest BCUT2D eigenvalue weighted by molar-refractivity contribution is 5.87. The first-order valence-corrected chi connectivity index (χ1v) is 10.4. The number of rotatable bonds is 5. The van der Waals surface area contributed by atoms with Crippen LogP contribution in [0, 0.1) is 30.1 Å². The first-order valence-electron chi connectivity index (χ1n) is 10.4. The average Bonchev–Trinajstić information content (AvgIpc) is 2.80. The van der Waals surface area contributed by atoms with E-state index < -0.39 is 23.9 Å². The van der Waals surface area contributed by atoms with Gasteiger partial charge in [0.2, 0.25) is 5.91 Å². The summed E-state index contributed by atoms with van der Waals surface area (Å²) < 4.78 is 5.70. The second-order valence-corrected chi connectivity index (χ2v) is 7.89. The van der Waals surface area contributed by atoms with Crippen molar-refractivity contribution in [2.24, 2.45) is 17.8 Å². The molecule has 1 amide bonds. The fraction of sp³-hybridized carbons (Fsp3) is 0.308. The molecule has 0 N–H and O–H groups in total. The summed E-state index contributed by atoms with van der Waals surface area (Å²) in [6.45, 7) is 1.25. The van der Waals surface area contributed by atoms with Gasteiger partial charge in [-0.2, -0.15) is 0 Å². The normalized spacial score (nSPS) is 23.9. The Hall–Kier alpha value is -3.32. The standard InChI is InChI=1S/C26H25NO3/c1-2-23(20-12-7-4-8-13-20)30-26(29)22-15-9-14-21-16-17-27(25(28)24(21)22)18-19-10-5-3-6-11-19/h1,3-14,21-24H,15-18H2/t21?,22-,23?,24-/m0/s1. The molecule has 2 aromatic carbocycles. The number of ether oxygens (including phenoxy) is 1. The Labute approximate surface area is 177 Å². The molecule has 4 rings (SSSR count). The summed E-state index contributed by atoms with van der Waals surface area (Å²) in [5.74, 6) is 1.35. The Kier molecular flexibility index (Phi) is 5.99. The van der Waals surface area contributed by atoms with E-state index in [9.17, 15) is 9.59 Å². The van der Waals surface area contributed by atoms with Gasteiger partial charge in [-0.15, -0.1) is 6.42 Å². The van der Waals surface area contributed by atoms with E-state index in [0.29, 0.717) is 19.5 Å². The number of allylic oxidation sites excluding steroid dienone is 2. The molecular formula is C26H25NO3. The van der Waals surface area contributed by atoms with Gasteiger partial charge in [0.1, 0.15) is 0 Å². The molecule has 0 spiro atoms. The molecule has 0 bridgehead atoms. The minimum Gasteiger partial charge on any atom is -0.444 e. The van der Waals surface area contributed by atoms with Crippen LogP contribution in [0.4, 0.5) is 0 Å². The van der Waals surface area contributed by atoms with Crippen molar-refractivity contribution >= 4 is 11.9 Å². The summed E-state index contributed by atoms with van der Waals surface area (Å²) in [5.41, 5.74) is 1.85. The number of hydrogen-bond donors (Lipinski definition) is 0. The second-order valence-electron chi connectivity index (χ2n) is 7.89. The Balaban J connectivity index is 1.50. The molecule has 1 aliphatic carbocycles. The van der Waals surface area contributed by atoms with Crippen molar-refractivity contribution in [3.63, 3.8) is 0 Å². The van der Waals surface area contributed by atoms with Crippen LogP contribution in [0.5, 0.6) is 0 Å². The van der Waals surface area contributed by atoms with E-state index in [1.165, 1.54) is 0 Å². The summed E-state index contributed by atoms with van der Waals surface area (Å²) in [4.78, 5) is 28.3. The molecule has 2 aliphatic rings. The van der Waals surface area contributed by atoms with Gasteiger partial charge in [0.15, 0.2) is 6.10 Å². The fourth-order valence-corrected chi connectivity index (χ4v) is 4.45. The highest BCUT2D eigenvalue weighted by atomic mass is 16.5. The van der Waals surface area contributed by atoms with Crippen molar-refractivity contribution in [2.45, 2.75) is 25.5 Å². The molecule has 1 aliphatic heterocycles. The Morgan fingerprint density at radius 3 is 2.53 bits per heavy atom. The number of piperidine rings is 1. The topological polar surface area (TPSA) is 46.6 Å². The van der Waals surface area contributed by atoms with Gasteiger partial charge < -0.3 is 9.64 Å². The molecule has 0 radical (unpaired) electrons. The zero-order valence-electron chi connectivity index (χ0n) is 16.8. The van der Waals surface area contributed by atoms with Gasteiger partial charge in [0, 0.05) is 18.7 Å². The van der Waals surface area contributed by atoms with Crippen LogP contribution in [-0.2, 0) is 20.9 Å². The van der Waals surface area contributed by atoms with Crippen molar-refractivity contribution < 1.29 is 14.3 Å². The summed E-state index contributed by atoms with van der Waals surface area (Å²) in [6, 6.07) is 19.2. The summed E-state index contributed by atoms with van der Waals surface area (Å²) in [6.07, 6.45) is 10.3. The van der Waals surface area contributed by atoms with Crippen LogP contribution >= 0.6 is 0 Å². The van der Waals surface area contributed by atoms with E-state index in [1.54, 1.807) is 0 Å². The third kappa shape index (κ3) is 4.16. The smallest absolute Gasteiger partial charge is 0.311 e. The maximum absolute atomic E-state index is 13.3. The molecule has 4 atom stereocenters. The lowest BCUT2D eigenvalue weighted by molar-refractivity contribution is -0.161. The van der Waals surface area contributed by atoms with Gasteiger partial charge >= 0.3 is 5.97 Å². The van der Waals surface area contributed by atoms with E-state index >= 15 is 0 Å². The van der Waals surface area contributed by atoms with Crippen molar-refractivity contribution in [1.82, 2.24) is 4.90 Å². The number of carbonyl (C=O) groups excluding carboxylic acids is 2. The average molecular weight is 399 g/mol. The molecule has 152 valence electrons. The summed E-state index contributed by atoms with van der Waals surface area (Å²) in [7, 11) is 0. The van der Waals surface area contributed by atoms with Crippen LogP contribution < -0.4 is 0 Å². The molecule has 30 heavy (non-hydrogen) atoms. The minimum absolute atomic E-state index is 0.0263. The van der Waals surface area contributed by atoms with Crippen molar-refractivity contribution in [1.29, 1.82) is 0 Å². The van der Waals surface area contributed by atoms with Gasteiger partial charge in [0.05, 0.1) is 11.8 Å². The zero-order chi connectivity index (χ0) is 20.9. The zero-order valence-corrected chi connectivity index (χ0v) is 16.8. The van der Waals surface area contributed by atoms with Crippen LogP contribution in [0.1, 0.15) is 30.1 Å².